The van der Waals surface area contributed by atoms with Crippen LogP contribution in [0.15, 0.2) is 11.4 Å². The van der Waals surface area contributed by atoms with Crippen molar-refractivity contribution in [1.82, 2.24) is 0 Å². The van der Waals surface area contributed by atoms with E-state index < -0.39 is 26.0 Å². The average molecular weight is 272 g/mol. The van der Waals surface area contributed by atoms with Gasteiger partial charge >= 0.3 is 85.9 Å². The summed E-state index contributed by atoms with van der Waals surface area (Å²) in [4.78, 5) is 0. The van der Waals surface area contributed by atoms with Gasteiger partial charge in [-0.3, -0.25) is 0 Å². The van der Waals surface area contributed by atoms with Crippen molar-refractivity contribution < 1.29 is 21.5 Å². The van der Waals surface area contributed by atoms with E-state index in [1.54, 1.807) is 5.31 Å². The molecule has 0 aromatic carbocycles. The number of halogens is 1. The summed E-state index contributed by atoms with van der Waals surface area (Å²) in [6.07, 6.45) is 4.80. The zero-order chi connectivity index (χ0) is 8.91. The van der Waals surface area contributed by atoms with Gasteiger partial charge in [0.25, 0.3) is 0 Å². The second-order valence-corrected chi connectivity index (χ2v) is 21.3. The Bertz CT molecular complexity index is 143. The molecule has 0 N–H and O–H groups in total. The third-order valence-electron chi connectivity index (χ3n) is 1.87. The van der Waals surface area contributed by atoms with Crippen LogP contribution in [0, 0.1) is 0 Å². The Morgan fingerprint density at radius 2 is 2.00 bits per heavy atom. The fourth-order valence-electron chi connectivity index (χ4n) is 1.15. The summed E-state index contributed by atoms with van der Waals surface area (Å²) in [5, 5.41) is 1.70. The van der Waals surface area contributed by atoms with Gasteiger partial charge in [0.2, 0.25) is 0 Å². The number of hydrogen-bond acceptors (Lipinski definition) is 0. The molecular formula is C8H18ClPZr. The maximum atomic E-state index is 6.09. The predicted octanol–water partition coefficient (Wildman–Crippen LogP) is 3.85. The first-order valence-corrected chi connectivity index (χ1v) is 14.0. The van der Waals surface area contributed by atoms with Gasteiger partial charge in [-0.05, 0) is 0 Å². The number of allylic oxidation sites excluding steroid dienone is 2. The van der Waals surface area contributed by atoms with Gasteiger partial charge in [-0.2, -0.15) is 0 Å². The summed E-state index contributed by atoms with van der Waals surface area (Å²) in [6.45, 7) is 9.29. The maximum absolute atomic E-state index is 6.09. The van der Waals surface area contributed by atoms with Gasteiger partial charge in [-0.25, -0.2) is 0 Å². The van der Waals surface area contributed by atoms with Crippen LogP contribution in [0.25, 0.3) is 0 Å². The van der Waals surface area contributed by atoms with Crippen LogP contribution < -0.4 is 0 Å². The van der Waals surface area contributed by atoms with Crippen LogP contribution in [0.3, 0.4) is 0 Å². The summed E-state index contributed by atoms with van der Waals surface area (Å²) in [7, 11) is 6.09. The van der Waals surface area contributed by atoms with Crippen molar-refractivity contribution >= 4 is 13.1 Å². The molecule has 3 heteroatoms. The molecule has 0 saturated carbocycles. The Kier molecular flexibility index (Phi) is 6.62. The van der Waals surface area contributed by atoms with E-state index in [-0.39, 0.29) is 0 Å². The third-order valence-corrected chi connectivity index (χ3v) is 18.7. The van der Waals surface area contributed by atoms with Crippen molar-refractivity contribution in [2.75, 3.05) is 13.3 Å². The van der Waals surface area contributed by atoms with Gasteiger partial charge in [0.05, 0.1) is 0 Å². The molecule has 0 saturated heterocycles. The third kappa shape index (κ3) is 4.21. The minimum absolute atomic E-state index is 0.551. The van der Waals surface area contributed by atoms with Crippen molar-refractivity contribution in [1.29, 1.82) is 0 Å². The molecule has 0 aromatic heterocycles. The molecule has 0 fully saturated rings. The first kappa shape index (κ1) is 12.3. The van der Waals surface area contributed by atoms with E-state index in [9.17, 15) is 0 Å². The van der Waals surface area contributed by atoms with Crippen LogP contribution in [0.1, 0.15) is 26.7 Å². The summed E-state index contributed by atoms with van der Waals surface area (Å²) < 4.78 is -1.03. The van der Waals surface area contributed by atoms with E-state index in [0.29, 0.717) is 0 Å². The minimum atomic E-state index is -1.03. The van der Waals surface area contributed by atoms with Crippen LogP contribution in [-0.4, -0.2) is 13.3 Å². The van der Waals surface area contributed by atoms with Crippen LogP contribution in [-0.2, 0) is 21.5 Å². The van der Waals surface area contributed by atoms with Gasteiger partial charge in [-0.15, -0.1) is 0 Å². The summed E-state index contributed by atoms with van der Waals surface area (Å²) in [5.41, 5.74) is 0. The molecule has 0 bridgehead atoms. The first-order valence-electron chi connectivity index (χ1n) is 4.15. The van der Waals surface area contributed by atoms with E-state index in [4.69, 9.17) is 8.51 Å². The Morgan fingerprint density at radius 3 is 2.27 bits per heavy atom. The van der Waals surface area contributed by atoms with Crippen LogP contribution in [0.4, 0.5) is 0 Å². The van der Waals surface area contributed by atoms with E-state index >= 15 is 0 Å². The molecule has 0 rings (SSSR count). The summed E-state index contributed by atoms with van der Waals surface area (Å²) in [5.74, 6) is 0. The summed E-state index contributed by atoms with van der Waals surface area (Å²) in [6, 6.07) is 0. The molecule has 0 heterocycles. The monoisotopic (exact) mass is 270 g/mol. The first-order chi connectivity index (χ1) is 5.08. The van der Waals surface area contributed by atoms with Gasteiger partial charge in [-0.1, -0.05) is 0 Å². The quantitative estimate of drug-likeness (QED) is 0.682. The molecular weight excluding hydrogens is 254 g/mol. The van der Waals surface area contributed by atoms with Crippen molar-refractivity contribution in [3.8, 4) is 0 Å². The molecule has 0 spiro atoms. The Hall–Kier alpha value is 1.34. The number of hydrogen-bond donors (Lipinski definition) is 0. The average Bonchev–Trinajstić information content (AvgIpc) is 2.00. The number of rotatable bonds is 4. The van der Waals surface area contributed by atoms with Crippen LogP contribution in [0.2, 0.25) is 0 Å². The molecule has 0 aliphatic rings. The van der Waals surface area contributed by atoms with Crippen LogP contribution in [0.5, 0.6) is 0 Å². The summed E-state index contributed by atoms with van der Waals surface area (Å²) >= 11 is -0.551. The molecule has 0 atom stereocenters. The molecule has 0 aliphatic heterocycles. The predicted molar refractivity (Wildman–Crippen MR) is 54.7 cm³/mol. The molecule has 66 valence electrons. The van der Waals surface area contributed by atoms with E-state index in [1.807, 2.05) is 0 Å². The SMILES string of the molecule is CCC=C(CC)[PH](C)(C)[Zr][Cl]. The molecule has 11 heavy (non-hydrogen) atoms. The molecule has 0 radical (unpaired) electrons. The fourth-order valence-corrected chi connectivity index (χ4v) is 7.97. The van der Waals surface area contributed by atoms with Crippen molar-refractivity contribution in [3.05, 3.63) is 11.4 Å². The van der Waals surface area contributed by atoms with Gasteiger partial charge < -0.3 is 0 Å². The second-order valence-electron chi connectivity index (χ2n) is 3.21. The van der Waals surface area contributed by atoms with E-state index in [2.05, 4.69) is 33.3 Å². The van der Waals surface area contributed by atoms with Gasteiger partial charge in [0, 0.05) is 0 Å². The van der Waals surface area contributed by atoms with E-state index in [0.717, 1.165) is 0 Å². The van der Waals surface area contributed by atoms with Crippen molar-refractivity contribution in [2.24, 2.45) is 0 Å². The molecule has 0 aliphatic carbocycles. The Morgan fingerprint density at radius 1 is 1.45 bits per heavy atom. The van der Waals surface area contributed by atoms with Gasteiger partial charge in [0.15, 0.2) is 0 Å². The zero-order valence-corrected chi connectivity index (χ0v) is 12.1. The Labute approximate surface area is 85.5 Å². The van der Waals surface area contributed by atoms with Crippen molar-refractivity contribution in [2.45, 2.75) is 26.7 Å². The van der Waals surface area contributed by atoms with E-state index in [1.165, 1.54) is 12.8 Å². The molecule has 0 unspecified atom stereocenters. The molecule has 0 nitrogen and oxygen atoms in total. The van der Waals surface area contributed by atoms with Crippen LogP contribution >= 0.6 is 13.1 Å². The standard InChI is InChI=1S/C8H17P.ClH.Zr/c1-5-7-8(6-2)9(3)4;;/h7H,5-6H2,1-4H3;1H;. The second kappa shape index (κ2) is 5.90. The van der Waals surface area contributed by atoms with Crippen molar-refractivity contribution in [3.63, 3.8) is 0 Å². The molecule has 0 aromatic rings. The normalized spacial score (nSPS) is 14.8. The topological polar surface area (TPSA) is 0 Å². The van der Waals surface area contributed by atoms with Gasteiger partial charge in [0.1, 0.15) is 0 Å². The zero-order valence-electron chi connectivity index (χ0n) is 7.87. The fraction of sp³-hybridized carbons (Fsp3) is 0.750. The molecule has 0 amide bonds. The Balaban J connectivity index is 4.36.